The van der Waals surface area contributed by atoms with Crippen molar-refractivity contribution in [3.8, 4) is 0 Å². The molecule has 0 aliphatic carbocycles. The van der Waals surface area contributed by atoms with Gasteiger partial charge in [0.1, 0.15) is 23.1 Å². The summed E-state index contributed by atoms with van der Waals surface area (Å²) in [4.78, 5) is 41.9. The highest BCUT2D eigenvalue weighted by Crippen LogP contribution is 2.13. The standard InChI is InChI=1S/C25H20BrN5O4/c26-17-7-5-16(6-8-17)14-30-15-28-24-20(25(30)34)13-29-31(24)10-9-27-23(33)12-18-11-21(32)19-3-1-2-4-22(19)35-18/h1-8,11,13,15H,9-10,12,14H2,(H,27,33). The molecule has 3 heterocycles. The van der Waals surface area contributed by atoms with E-state index in [1.807, 2.05) is 24.3 Å². The van der Waals surface area contributed by atoms with Gasteiger partial charge in [-0.3, -0.25) is 19.0 Å². The van der Waals surface area contributed by atoms with Crippen molar-refractivity contribution in [3.05, 3.63) is 103 Å². The number of nitrogens with zero attached hydrogens (tertiary/aromatic N) is 4. The van der Waals surface area contributed by atoms with E-state index in [1.54, 1.807) is 28.9 Å². The van der Waals surface area contributed by atoms with Gasteiger partial charge in [0.25, 0.3) is 5.56 Å². The number of aromatic nitrogens is 4. The van der Waals surface area contributed by atoms with E-state index in [1.165, 1.54) is 23.2 Å². The van der Waals surface area contributed by atoms with Gasteiger partial charge in [0.2, 0.25) is 5.91 Å². The van der Waals surface area contributed by atoms with E-state index < -0.39 is 0 Å². The molecule has 3 aromatic heterocycles. The quantitative estimate of drug-likeness (QED) is 0.344. The van der Waals surface area contributed by atoms with Crippen molar-refractivity contribution in [2.45, 2.75) is 19.5 Å². The van der Waals surface area contributed by atoms with E-state index in [0.29, 0.717) is 40.9 Å². The number of para-hydroxylation sites is 1. The van der Waals surface area contributed by atoms with Crippen molar-refractivity contribution in [2.75, 3.05) is 6.54 Å². The third kappa shape index (κ3) is 4.92. The Morgan fingerprint density at radius 1 is 1.06 bits per heavy atom. The Bertz CT molecular complexity index is 1650. The van der Waals surface area contributed by atoms with Gasteiger partial charge in [-0.05, 0) is 29.8 Å². The summed E-state index contributed by atoms with van der Waals surface area (Å²) < 4.78 is 9.76. The Labute approximate surface area is 207 Å². The zero-order valence-corrected chi connectivity index (χ0v) is 20.1. The predicted octanol–water partition coefficient (Wildman–Crippen LogP) is 2.87. The fourth-order valence-corrected chi connectivity index (χ4v) is 4.09. The summed E-state index contributed by atoms with van der Waals surface area (Å²) in [5.41, 5.74) is 1.52. The molecule has 35 heavy (non-hydrogen) atoms. The zero-order chi connectivity index (χ0) is 24.4. The third-order valence-electron chi connectivity index (χ3n) is 5.55. The first kappa shape index (κ1) is 22.7. The second-order valence-corrected chi connectivity index (χ2v) is 8.92. The number of carbonyl (C=O) groups is 1. The molecule has 2 aromatic carbocycles. The minimum atomic E-state index is -0.287. The normalized spacial score (nSPS) is 11.2. The highest BCUT2D eigenvalue weighted by Gasteiger charge is 2.12. The number of fused-ring (bicyclic) bond motifs is 2. The van der Waals surface area contributed by atoms with Gasteiger partial charge in [0.15, 0.2) is 11.1 Å². The average molecular weight is 534 g/mol. The van der Waals surface area contributed by atoms with E-state index in [-0.39, 0.29) is 29.9 Å². The Hall–Kier alpha value is -4.05. The number of amides is 1. The molecule has 0 unspecified atom stereocenters. The Morgan fingerprint density at radius 3 is 2.69 bits per heavy atom. The molecule has 0 saturated carbocycles. The molecule has 5 aromatic rings. The first-order valence-corrected chi connectivity index (χ1v) is 11.7. The first-order valence-electron chi connectivity index (χ1n) is 10.9. The number of hydrogen-bond donors (Lipinski definition) is 1. The molecule has 0 fully saturated rings. The molecule has 0 bridgehead atoms. The van der Waals surface area contributed by atoms with Crippen LogP contribution in [0.1, 0.15) is 11.3 Å². The summed E-state index contributed by atoms with van der Waals surface area (Å²) >= 11 is 3.40. The fourth-order valence-electron chi connectivity index (χ4n) is 3.82. The number of carbonyl (C=O) groups excluding carboxylic acids is 1. The summed E-state index contributed by atoms with van der Waals surface area (Å²) in [7, 11) is 0. The lowest BCUT2D eigenvalue weighted by Crippen LogP contribution is -2.29. The largest absolute Gasteiger partial charge is 0.460 e. The Morgan fingerprint density at radius 2 is 1.86 bits per heavy atom. The first-order chi connectivity index (χ1) is 17.0. The van der Waals surface area contributed by atoms with Gasteiger partial charge in [0, 0.05) is 17.1 Å². The van der Waals surface area contributed by atoms with Crippen molar-refractivity contribution in [1.29, 1.82) is 0 Å². The number of hydrogen-bond acceptors (Lipinski definition) is 6. The van der Waals surface area contributed by atoms with Crippen LogP contribution in [0.4, 0.5) is 0 Å². The lowest BCUT2D eigenvalue weighted by atomic mass is 10.2. The van der Waals surface area contributed by atoms with Gasteiger partial charge in [-0.2, -0.15) is 5.10 Å². The lowest BCUT2D eigenvalue weighted by Gasteiger charge is -2.08. The summed E-state index contributed by atoms with van der Waals surface area (Å²) in [5.74, 6) is 0.00781. The maximum Gasteiger partial charge on any atom is 0.264 e. The summed E-state index contributed by atoms with van der Waals surface area (Å²) in [6.07, 6.45) is 2.94. The molecule has 0 aliphatic heterocycles. The monoisotopic (exact) mass is 533 g/mol. The Balaban J connectivity index is 1.23. The lowest BCUT2D eigenvalue weighted by molar-refractivity contribution is -0.120. The van der Waals surface area contributed by atoms with E-state index in [4.69, 9.17) is 4.42 Å². The molecule has 176 valence electrons. The predicted molar refractivity (Wildman–Crippen MR) is 134 cm³/mol. The number of nitrogens with one attached hydrogen (secondary N) is 1. The van der Waals surface area contributed by atoms with Gasteiger partial charge in [-0.1, -0.05) is 40.2 Å². The van der Waals surface area contributed by atoms with E-state index in [2.05, 4.69) is 31.3 Å². The maximum absolute atomic E-state index is 12.9. The number of rotatable bonds is 7. The van der Waals surface area contributed by atoms with Gasteiger partial charge >= 0.3 is 0 Å². The highest BCUT2D eigenvalue weighted by molar-refractivity contribution is 9.10. The molecule has 9 nitrogen and oxygen atoms in total. The maximum atomic E-state index is 12.9. The van der Waals surface area contributed by atoms with Crippen LogP contribution in [0.15, 0.2) is 85.6 Å². The molecule has 0 saturated heterocycles. The van der Waals surface area contributed by atoms with Crippen LogP contribution in [0.3, 0.4) is 0 Å². The van der Waals surface area contributed by atoms with Gasteiger partial charge in [-0.15, -0.1) is 0 Å². The molecule has 0 spiro atoms. The minimum Gasteiger partial charge on any atom is -0.460 e. The second-order valence-electron chi connectivity index (χ2n) is 8.01. The topological polar surface area (TPSA) is 112 Å². The van der Waals surface area contributed by atoms with Crippen LogP contribution in [0.2, 0.25) is 0 Å². The number of benzene rings is 2. The van der Waals surface area contributed by atoms with Crippen LogP contribution in [0.5, 0.6) is 0 Å². The Kier molecular flexibility index (Phi) is 6.28. The van der Waals surface area contributed by atoms with Gasteiger partial charge in [-0.25, -0.2) is 9.67 Å². The fraction of sp³-hybridized carbons (Fsp3) is 0.160. The van der Waals surface area contributed by atoms with Crippen molar-refractivity contribution < 1.29 is 9.21 Å². The summed E-state index contributed by atoms with van der Waals surface area (Å²) in [6, 6.07) is 16.0. The smallest absolute Gasteiger partial charge is 0.264 e. The molecular weight excluding hydrogens is 514 g/mol. The summed E-state index contributed by atoms with van der Waals surface area (Å²) in [5, 5.41) is 7.94. The van der Waals surface area contributed by atoms with Crippen molar-refractivity contribution in [3.63, 3.8) is 0 Å². The molecule has 0 aliphatic rings. The van der Waals surface area contributed by atoms with Crippen molar-refractivity contribution >= 4 is 43.8 Å². The third-order valence-corrected chi connectivity index (χ3v) is 6.08. The van der Waals surface area contributed by atoms with Gasteiger partial charge < -0.3 is 9.73 Å². The van der Waals surface area contributed by atoms with Crippen LogP contribution >= 0.6 is 15.9 Å². The van der Waals surface area contributed by atoms with Crippen LogP contribution in [0, 0.1) is 0 Å². The molecule has 0 atom stereocenters. The van der Waals surface area contributed by atoms with Gasteiger partial charge in [0.05, 0.1) is 31.1 Å². The molecule has 5 rings (SSSR count). The SMILES string of the molecule is O=C(Cc1cc(=O)c2ccccc2o1)NCCn1ncc2c(=O)n(Cc3ccc(Br)cc3)cnc21. The molecule has 10 heteroatoms. The van der Waals surface area contributed by atoms with E-state index >= 15 is 0 Å². The second kappa shape index (κ2) is 9.67. The average Bonchev–Trinajstić information content (AvgIpc) is 3.26. The molecular formula is C25H20BrN5O4. The van der Waals surface area contributed by atoms with Crippen molar-refractivity contribution in [1.82, 2.24) is 24.6 Å². The molecule has 0 radical (unpaired) electrons. The number of halogens is 1. The van der Waals surface area contributed by atoms with Crippen LogP contribution in [0.25, 0.3) is 22.0 Å². The van der Waals surface area contributed by atoms with E-state index in [9.17, 15) is 14.4 Å². The zero-order valence-electron chi connectivity index (χ0n) is 18.5. The van der Waals surface area contributed by atoms with E-state index in [0.717, 1.165) is 10.0 Å². The van der Waals surface area contributed by atoms with Crippen LogP contribution in [-0.4, -0.2) is 31.8 Å². The highest BCUT2D eigenvalue weighted by atomic mass is 79.9. The van der Waals surface area contributed by atoms with Crippen LogP contribution in [-0.2, 0) is 24.3 Å². The molecule has 1 N–H and O–H groups in total. The van der Waals surface area contributed by atoms with Crippen LogP contribution < -0.4 is 16.3 Å². The summed E-state index contributed by atoms with van der Waals surface area (Å²) in [6.45, 7) is 1.01. The van der Waals surface area contributed by atoms with Crippen molar-refractivity contribution in [2.24, 2.45) is 0 Å². The molecule has 1 amide bonds. The minimum absolute atomic E-state index is 0.0566.